The lowest BCUT2D eigenvalue weighted by Gasteiger charge is -2.46. The predicted octanol–water partition coefficient (Wildman–Crippen LogP) is 1.73. The second-order valence-electron chi connectivity index (χ2n) is 8.53. The fourth-order valence-corrected chi connectivity index (χ4v) is 5.12. The van der Waals surface area contributed by atoms with Crippen molar-refractivity contribution in [2.75, 3.05) is 26.2 Å². The van der Waals surface area contributed by atoms with Gasteiger partial charge in [-0.2, -0.15) is 5.10 Å². The maximum atomic E-state index is 13.3. The van der Waals surface area contributed by atoms with Gasteiger partial charge in [0.05, 0.1) is 12.5 Å². The van der Waals surface area contributed by atoms with E-state index in [1.54, 1.807) is 16.9 Å². The van der Waals surface area contributed by atoms with E-state index < -0.39 is 6.04 Å². The average Bonchev–Trinajstić information content (AvgIpc) is 3.47. The summed E-state index contributed by atoms with van der Waals surface area (Å²) in [6.07, 6.45) is 7.89. The number of pyridine rings is 1. The minimum atomic E-state index is -0.478. The topological polar surface area (TPSA) is 96.2 Å². The number of H-pyrrole nitrogens is 1. The Kier molecular flexibility index (Phi) is 5.46. The smallest absolute Gasteiger partial charge is 0.251 e. The van der Waals surface area contributed by atoms with Gasteiger partial charge in [-0.3, -0.25) is 19.3 Å². The molecule has 0 aliphatic carbocycles. The van der Waals surface area contributed by atoms with Crippen LogP contribution in [0.5, 0.6) is 0 Å². The fourth-order valence-electron chi connectivity index (χ4n) is 5.12. The molecule has 1 saturated heterocycles. The first kappa shape index (κ1) is 19.8. The van der Waals surface area contributed by atoms with Crippen LogP contribution in [0.1, 0.15) is 35.4 Å². The third-order valence-electron chi connectivity index (χ3n) is 6.51. The summed E-state index contributed by atoms with van der Waals surface area (Å²) in [5.74, 6) is 1.13. The molecule has 3 atom stereocenters. The van der Waals surface area contributed by atoms with Crippen molar-refractivity contribution in [3.8, 4) is 0 Å². The summed E-state index contributed by atoms with van der Waals surface area (Å²) < 4.78 is 7.10. The number of nitrogens with one attached hydrogen (secondary N) is 2. The number of carbonyl (C=O) groups excluding carboxylic acids is 1. The first-order valence-electron chi connectivity index (χ1n) is 10.9. The Bertz CT molecular complexity index is 1070. The van der Waals surface area contributed by atoms with Gasteiger partial charge in [0.2, 0.25) is 5.91 Å². The van der Waals surface area contributed by atoms with E-state index in [4.69, 9.17) is 4.42 Å². The zero-order valence-electron chi connectivity index (χ0n) is 17.4. The number of fused-ring (bicyclic) bond motifs is 4. The van der Waals surface area contributed by atoms with Gasteiger partial charge in [0.25, 0.3) is 5.56 Å². The molecule has 2 aliphatic rings. The Hall–Kier alpha value is -3.13. The number of aromatic amines is 1. The molecule has 31 heavy (non-hydrogen) atoms. The summed E-state index contributed by atoms with van der Waals surface area (Å²) in [5.41, 5.74) is 2.06. The first-order chi connectivity index (χ1) is 15.2. The molecule has 2 N–H and O–H groups in total. The molecule has 8 heteroatoms. The Morgan fingerprint density at radius 1 is 1.23 bits per heavy atom. The van der Waals surface area contributed by atoms with Crippen molar-refractivity contribution >= 4 is 5.91 Å². The second kappa shape index (κ2) is 8.55. The number of rotatable bonds is 7. The van der Waals surface area contributed by atoms with E-state index in [2.05, 4.69) is 20.4 Å². The molecule has 1 fully saturated rings. The Balaban J connectivity index is 1.34. The minimum absolute atomic E-state index is 0.0822. The maximum Gasteiger partial charge on any atom is 0.251 e. The van der Waals surface area contributed by atoms with E-state index in [0.29, 0.717) is 13.0 Å². The van der Waals surface area contributed by atoms with Crippen molar-refractivity contribution in [3.05, 3.63) is 76.4 Å². The summed E-state index contributed by atoms with van der Waals surface area (Å²) in [4.78, 5) is 28.5. The Morgan fingerprint density at radius 3 is 2.97 bits per heavy atom. The quantitative estimate of drug-likeness (QED) is 0.606. The van der Waals surface area contributed by atoms with E-state index in [1.807, 2.05) is 36.7 Å². The monoisotopic (exact) mass is 421 g/mol. The summed E-state index contributed by atoms with van der Waals surface area (Å²) in [5, 5.41) is 9.93. The number of amides is 1. The number of hydrogen-bond acceptors (Lipinski definition) is 5. The number of likely N-dealkylation sites (tertiary alicyclic amines) is 1. The van der Waals surface area contributed by atoms with Gasteiger partial charge >= 0.3 is 0 Å². The molecule has 0 unspecified atom stereocenters. The molecular formula is C23H27N5O3. The Morgan fingerprint density at radius 2 is 2.16 bits per heavy atom. The van der Waals surface area contributed by atoms with Crippen LogP contribution in [-0.4, -0.2) is 51.8 Å². The van der Waals surface area contributed by atoms with Gasteiger partial charge in [0.15, 0.2) is 0 Å². The molecular weight excluding hydrogens is 394 g/mol. The summed E-state index contributed by atoms with van der Waals surface area (Å²) in [6.45, 7) is 3.12. The third-order valence-corrected chi connectivity index (χ3v) is 6.51. The average molecular weight is 422 g/mol. The minimum Gasteiger partial charge on any atom is -0.469 e. The van der Waals surface area contributed by atoms with Crippen molar-refractivity contribution in [1.29, 1.82) is 0 Å². The van der Waals surface area contributed by atoms with Crippen molar-refractivity contribution in [2.24, 2.45) is 5.92 Å². The van der Waals surface area contributed by atoms with Gasteiger partial charge in [-0.15, -0.1) is 0 Å². The second-order valence-corrected chi connectivity index (χ2v) is 8.53. The van der Waals surface area contributed by atoms with Crippen LogP contribution in [0, 0.1) is 5.92 Å². The van der Waals surface area contributed by atoms with Crippen LogP contribution in [0.25, 0.3) is 0 Å². The van der Waals surface area contributed by atoms with Crippen LogP contribution in [-0.2, 0) is 17.6 Å². The zero-order valence-corrected chi connectivity index (χ0v) is 17.4. The number of carbonyl (C=O) groups is 1. The van der Waals surface area contributed by atoms with Crippen molar-refractivity contribution in [2.45, 2.75) is 31.2 Å². The highest BCUT2D eigenvalue weighted by Gasteiger charge is 2.43. The number of aromatic nitrogens is 3. The molecule has 5 rings (SSSR count). The highest BCUT2D eigenvalue weighted by molar-refractivity contribution is 5.81. The van der Waals surface area contributed by atoms with Gasteiger partial charge in [-0.05, 0) is 36.6 Å². The molecule has 0 saturated carbocycles. The van der Waals surface area contributed by atoms with Crippen molar-refractivity contribution in [3.63, 3.8) is 0 Å². The molecule has 162 valence electrons. The normalized spacial score (nSPS) is 22.8. The maximum absolute atomic E-state index is 13.3. The molecule has 1 amide bonds. The number of nitrogens with zero attached hydrogens (tertiary/aromatic N) is 3. The Labute approximate surface area is 180 Å². The molecule has 5 heterocycles. The lowest BCUT2D eigenvalue weighted by molar-refractivity contribution is -0.127. The summed E-state index contributed by atoms with van der Waals surface area (Å²) >= 11 is 0. The standard InChI is InChI=1S/C23H27N5O3/c29-21-5-1-4-20-17-11-18(15-27(14-17)9-7-16-12-25-26-13-16)22(28(20)21)23(30)24-8-6-19-3-2-10-31-19/h1-5,10,12-13,17-18,22H,6-9,11,14-15H2,(H,24,30)(H,25,26)/t17-,18+,22-/m1/s1. The van der Waals surface area contributed by atoms with E-state index in [-0.39, 0.29) is 23.3 Å². The lowest BCUT2D eigenvalue weighted by Crippen LogP contribution is -2.53. The van der Waals surface area contributed by atoms with Crippen LogP contribution in [0.3, 0.4) is 0 Å². The number of hydrogen-bond donors (Lipinski definition) is 2. The lowest BCUT2D eigenvalue weighted by atomic mass is 9.78. The highest BCUT2D eigenvalue weighted by atomic mass is 16.3. The molecule has 8 nitrogen and oxygen atoms in total. The number of piperidine rings is 1. The van der Waals surface area contributed by atoms with Gasteiger partial charge in [-0.25, -0.2) is 0 Å². The molecule has 2 bridgehead atoms. The number of furan rings is 1. The van der Waals surface area contributed by atoms with Crippen LogP contribution in [0.4, 0.5) is 0 Å². The van der Waals surface area contributed by atoms with Crippen LogP contribution in [0.2, 0.25) is 0 Å². The predicted molar refractivity (Wildman–Crippen MR) is 115 cm³/mol. The van der Waals surface area contributed by atoms with Crippen molar-refractivity contribution in [1.82, 2.24) is 25.0 Å². The molecule has 0 radical (unpaired) electrons. The summed E-state index contributed by atoms with van der Waals surface area (Å²) in [6, 6.07) is 8.64. The molecule has 3 aromatic heterocycles. The van der Waals surface area contributed by atoms with E-state index in [1.165, 1.54) is 5.56 Å². The molecule has 2 aliphatic heterocycles. The van der Waals surface area contributed by atoms with E-state index >= 15 is 0 Å². The SMILES string of the molecule is O=C(NCCc1ccco1)[C@H]1[C@H]2C[C@H](CN(CCc3cn[nH]c3)C2)c2cccc(=O)n21. The zero-order chi connectivity index (χ0) is 21.2. The molecule has 3 aromatic rings. The largest absolute Gasteiger partial charge is 0.469 e. The molecule has 0 spiro atoms. The van der Waals surface area contributed by atoms with Crippen LogP contribution in [0.15, 0.2) is 58.2 Å². The first-order valence-corrected chi connectivity index (χ1v) is 10.9. The van der Waals surface area contributed by atoms with Crippen LogP contribution >= 0.6 is 0 Å². The van der Waals surface area contributed by atoms with Gasteiger partial charge in [-0.1, -0.05) is 6.07 Å². The van der Waals surface area contributed by atoms with E-state index in [0.717, 1.165) is 43.9 Å². The molecule has 0 aromatic carbocycles. The van der Waals surface area contributed by atoms with E-state index in [9.17, 15) is 9.59 Å². The fraction of sp³-hybridized carbons (Fsp3) is 0.435. The highest BCUT2D eigenvalue weighted by Crippen LogP contribution is 2.41. The van der Waals surface area contributed by atoms with Gasteiger partial charge in [0.1, 0.15) is 11.8 Å². The van der Waals surface area contributed by atoms with Gasteiger partial charge in [0, 0.05) is 62.4 Å². The van der Waals surface area contributed by atoms with Gasteiger partial charge < -0.3 is 14.6 Å². The van der Waals surface area contributed by atoms with Crippen molar-refractivity contribution < 1.29 is 9.21 Å². The third kappa shape index (κ3) is 4.07. The van der Waals surface area contributed by atoms with Crippen LogP contribution < -0.4 is 10.9 Å². The summed E-state index contributed by atoms with van der Waals surface area (Å²) in [7, 11) is 0.